The number of carbonyl (C=O) groups excluding carboxylic acids is 2. The number of halogens is 1. The number of hydrogen-bond acceptors (Lipinski definition) is 4. The first-order valence-electron chi connectivity index (χ1n) is 7.52. The molecule has 1 unspecified atom stereocenters. The molecule has 2 amide bonds. The Hall–Kier alpha value is -1.79. The second-order valence-electron chi connectivity index (χ2n) is 5.49. The number of ether oxygens (including phenoxy) is 1. The highest BCUT2D eigenvalue weighted by atomic mass is 35.5. The van der Waals surface area contributed by atoms with E-state index < -0.39 is 0 Å². The second kappa shape index (κ2) is 9.37. The Morgan fingerprint density at radius 3 is 2.61 bits per heavy atom. The first-order chi connectivity index (χ1) is 10.6. The van der Waals surface area contributed by atoms with Crippen LogP contribution in [0, 0.1) is 11.8 Å². The second-order valence-corrected chi connectivity index (χ2v) is 5.49. The van der Waals surface area contributed by atoms with Crippen LogP contribution >= 0.6 is 12.4 Å². The summed E-state index contributed by atoms with van der Waals surface area (Å²) in [7, 11) is 1.56. The van der Waals surface area contributed by atoms with Crippen LogP contribution in [-0.4, -0.2) is 45.1 Å². The lowest BCUT2D eigenvalue weighted by Gasteiger charge is -2.31. The molecule has 1 saturated heterocycles. The van der Waals surface area contributed by atoms with Crippen molar-refractivity contribution in [3.63, 3.8) is 0 Å². The van der Waals surface area contributed by atoms with Gasteiger partial charge in [-0.05, 0) is 37.2 Å². The normalized spacial score (nSPS) is 14.9. The molecule has 0 aliphatic carbocycles. The van der Waals surface area contributed by atoms with Crippen molar-refractivity contribution in [2.45, 2.75) is 6.92 Å². The number of amides is 2. The molecule has 7 heteroatoms. The van der Waals surface area contributed by atoms with Crippen LogP contribution < -0.4 is 20.7 Å². The maximum absolute atomic E-state index is 12.0. The molecule has 0 saturated carbocycles. The summed E-state index contributed by atoms with van der Waals surface area (Å²) in [6, 6.07) is 6.96. The van der Waals surface area contributed by atoms with Gasteiger partial charge in [-0.2, -0.15) is 0 Å². The quantitative estimate of drug-likeness (QED) is 0.641. The summed E-state index contributed by atoms with van der Waals surface area (Å²) in [6.07, 6.45) is 0. The first kappa shape index (κ1) is 19.3. The monoisotopic (exact) mass is 341 g/mol. The molecular weight excluding hydrogens is 318 g/mol. The van der Waals surface area contributed by atoms with E-state index in [0.717, 1.165) is 13.1 Å². The van der Waals surface area contributed by atoms with Crippen molar-refractivity contribution < 1.29 is 14.3 Å². The average molecular weight is 342 g/mol. The van der Waals surface area contributed by atoms with Crippen molar-refractivity contribution in [1.29, 1.82) is 0 Å². The van der Waals surface area contributed by atoms with Gasteiger partial charge in [0.25, 0.3) is 5.91 Å². The molecule has 1 aromatic rings. The Morgan fingerprint density at radius 1 is 1.30 bits per heavy atom. The Morgan fingerprint density at radius 2 is 2.00 bits per heavy atom. The van der Waals surface area contributed by atoms with Gasteiger partial charge in [-0.1, -0.05) is 13.0 Å². The largest absolute Gasteiger partial charge is 0.497 e. The standard InChI is InChI=1S/C16H23N3O3.ClH/c1-11(13-9-17-10-13)15(20)18-6-7-19-16(21)12-4-3-5-14(8-12)22-2;/h3-5,8,11,13,17H,6-7,9-10H2,1-2H3,(H,18,20)(H,19,21);1H. The molecule has 0 spiro atoms. The van der Waals surface area contributed by atoms with Crippen LogP contribution in [-0.2, 0) is 4.79 Å². The molecule has 23 heavy (non-hydrogen) atoms. The van der Waals surface area contributed by atoms with Crippen molar-refractivity contribution in [2.24, 2.45) is 11.8 Å². The Labute approximate surface area is 142 Å². The molecule has 2 rings (SSSR count). The van der Waals surface area contributed by atoms with E-state index in [1.165, 1.54) is 0 Å². The molecule has 1 aliphatic rings. The molecule has 0 bridgehead atoms. The Kier molecular flexibility index (Phi) is 7.85. The van der Waals surface area contributed by atoms with Gasteiger partial charge in [-0.15, -0.1) is 12.4 Å². The number of carbonyl (C=O) groups is 2. The summed E-state index contributed by atoms with van der Waals surface area (Å²) in [5.74, 6) is 0.942. The number of benzene rings is 1. The van der Waals surface area contributed by atoms with E-state index in [4.69, 9.17) is 4.74 Å². The Balaban J connectivity index is 0.00000264. The van der Waals surface area contributed by atoms with E-state index in [0.29, 0.717) is 30.3 Å². The minimum atomic E-state index is -0.176. The van der Waals surface area contributed by atoms with E-state index in [1.807, 2.05) is 6.92 Å². The zero-order valence-electron chi connectivity index (χ0n) is 13.4. The van der Waals surface area contributed by atoms with Gasteiger partial charge in [-0.25, -0.2) is 0 Å². The van der Waals surface area contributed by atoms with Crippen molar-refractivity contribution in [2.75, 3.05) is 33.3 Å². The topological polar surface area (TPSA) is 79.5 Å². The molecule has 1 heterocycles. The zero-order valence-corrected chi connectivity index (χ0v) is 14.2. The fourth-order valence-electron chi connectivity index (χ4n) is 2.27. The number of methoxy groups -OCH3 is 1. The van der Waals surface area contributed by atoms with Crippen LogP contribution in [0.2, 0.25) is 0 Å². The molecule has 1 fully saturated rings. The summed E-state index contributed by atoms with van der Waals surface area (Å²) in [4.78, 5) is 23.9. The van der Waals surface area contributed by atoms with E-state index in [-0.39, 0.29) is 30.1 Å². The highest BCUT2D eigenvalue weighted by molar-refractivity contribution is 5.94. The van der Waals surface area contributed by atoms with Crippen molar-refractivity contribution in [3.8, 4) is 5.75 Å². The molecule has 128 valence electrons. The average Bonchev–Trinajstić information content (AvgIpc) is 2.49. The number of nitrogens with one attached hydrogen (secondary N) is 3. The fraction of sp³-hybridized carbons (Fsp3) is 0.500. The van der Waals surface area contributed by atoms with Gasteiger partial charge in [0.1, 0.15) is 5.75 Å². The smallest absolute Gasteiger partial charge is 0.251 e. The van der Waals surface area contributed by atoms with E-state index in [1.54, 1.807) is 31.4 Å². The van der Waals surface area contributed by atoms with Crippen molar-refractivity contribution in [3.05, 3.63) is 29.8 Å². The highest BCUT2D eigenvalue weighted by Crippen LogP contribution is 2.15. The van der Waals surface area contributed by atoms with E-state index >= 15 is 0 Å². The lowest BCUT2D eigenvalue weighted by Crippen LogP contribution is -2.50. The maximum atomic E-state index is 12.0. The minimum absolute atomic E-state index is 0. The highest BCUT2D eigenvalue weighted by Gasteiger charge is 2.28. The van der Waals surface area contributed by atoms with Crippen LogP contribution in [0.4, 0.5) is 0 Å². The third kappa shape index (κ3) is 5.41. The fourth-order valence-corrected chi connectivity index (χ4v) is 2.27. The lowest BCUT2D eigenvalue weighted by molar-refractivity contribution is -0.126. The van der Waals surface area contributed by atoms with Gasteiger partial charge in [0.15, 0.2) is 0 Å². The van der Waals surface area contributed by atoms with Gasteiger partial charge in [0, 0.05) is 24.6 Å². The summed E-state index contributed by atoms with van der Waals surface area (Å²) < 4.78 is 5.08. The predicted octanol–water partition coefficient (Wildman–Crippen LogP) is 0.818. The van der Waals surface area contributed by atoms with Crippen LogP contribution in [0.5, 0.6) is 5.75 Å². The molecular formula is C16H24ClN3O3. The Bertz CT molecular complexity index is 535. The summed E-state index contributed by atoms with van der Waals surface area (Å²) in [6.45, 7) is 4.58. The van der Waals surface area contributed by atoms with Crippen molar-refractivity contribution >= 4 is 24.2 Å². The van der Waals surface area contributed by atoms with Crippen LogP contribution in [0.15, 0.2) is 24.3 Å². The summed E-state index contributed by atoms with van der Waals surface area (Å²) in [5, 5.41) is 8.79. The third-order valence-electron chi connectivity index (χ3n) is 3.98. The predicted molar refractivity (Wildman–Crippen MR) is 91.1 cm³/mol. The number of hydrogen-bond donors (Lipinski definition) is 3. The SMILES string of the molecule is COc1cccc(C(=O)NCCNC(=O)C(C)C2CNC2)c1.Cl. The molecule has 6 nitrogen and oxygen atoms in total. The van der Waals surface area contributed by atoms with E-state index in [9.17, 15) is 9.59 Å². The van der Waals surface area contributed by atoms with Crippen molar-refractivity contribution in [1.82, 2.24) is 16.0 Å². The maximum Gasteiger partial charge on any atom is 0.251 e. The molecule has 0 aromatic heterocycles. The van der Waals surface area contributed by atoms with Gasteiger partial charge in [-0.3, -0.25) is 9.59 Å². The lowest BCUT2D eigenvalue weighted by atomic mass is 9.88. The van der Waals surface area contributed by atoms with Gasteiger partial charge < -0.3 is 20.7 Å². The molecule has 1 aliphatic heterocycles. The molecule has 0 radical (unpaired) electrons. The van der Waals surface area contributed by atoms with Gasteiger partial charge >= 0.3 is 0 Å². The van der Waals surface area contributed by atoms with Gasteiger partial charge in [0.05, 0.1) is 7.11 Å². The van der Waals surface area contributed by atoms with Gasteiger partial charge in [0.2, 0.25) is 5.91 Å². The molecule has 1 atom stereocenters. The van der Waals surface area contributed by atoms with Crippen LogP contribution in [0.25, 0.3) is 0 Å². The van der Waals surface area contributed by atoms with Crippen LogP contribution in [0.3, 0.4) is 0 Å². The van der Waals surface area contributed by atoms with Crippen LogP contribution in [0.1, 0.15) is 17.3 Å². The van der Waals surface area contributed by atoms with E-state index in [2.05, 4.69) is 16.0 Å². The minimum Gasteiger partial charge on any atom is -0.497 e. The molecule has 1 aromatic carbocycles. The zero-order chi connectivity index (χ0) is 15.9. The molecule has 3 N–H and O–H groups in total. The number of rotatable bonds is 7. The summed E-state index contributed by atoms with van der Waals surface area (Å²) >= 11 is 0. The first-order valence-corrected chi connectivity index (χ1v) is 7.52. The summed E-state index contributed by atoms with van der Waals surface area (Å²) in [5.41, 5.74) is 0.541. The third-order valence-corrected chi connectivity index (χ3v) is 3.98.